The number of rotatable bonds is 4. The molecule has 28 heavy (non-hydrogen) atoms. The van der Waals surface area contributed by atoms with Gasteiger partial charge in [-0.05, 0) is 42.8 Å². The number of ether oxygens (including phenoxy) is 2. The van der Waals surface area contributed by atoms with Crippen LogP contribution in [-0.4, -0.2) is 43.0 Å². The van der Waals surface area contributed by atoms with Crippen molar-refractivity contribution in [3.8, 4) is 11.5 Å². The highest BCUT2D eigenvalue weighted by atomic mass is 35.5. The van der Waals surface area contributed by atoms with Crippen LogP contribution in [0.3, 0.4) is 0 Å². The molecule has 146 valence electrons. The SMILES string of the molecule is Cc1cc2c(cc1C(=O)N1CC(COc3ccc(F)cc3Cl)C1)NC(=O)CO2. The topological polar surface area (TPSA) is 67.9 Å². The molecule has 2 aromatic carbocycles. The largest absolute Gasteiger partial charge is 0.492 e. The van der Waals surface area contributed by atoms with E-state index in [4.69, 9.17) is 21.1 Å². The number of aryl methyl sites for hydroxylation is 1. The van der Waals surface area contributed by atoms with Crippen molar-refractivity contribution in [3.05, 3.63) is 52.3 Å². The van der Waals surface area contributed by atoms with Gasteiger partial charge < -0.3 is 19.7 Å². The molecule has 0 saturated carbocycles. The molecular weight excluding hydrogens is 387 g/mol. The molecule has 0 spiro atoms. The van der Waals surface area contributed by atoms with E-state index in [-0.39, 0.29) is 29.4 Å². The van der Waals surface area contributed by atoms with Gasteiger partial charge in [-0.25, -0.2) is 4.39 Å². The molecule has 0 radical (unpaired) electrons. The Morgan fingerprint density at radius 1 is 1.36 bits per heavy atom. The van der Waals surface area contributed by atoms with E-state index in [1.807, 2.05) is 6.92 Å². The van der Waals surface area contributed by atoms with Crippen molar-refractivity contribution in [1.29, 1.82) is 0 Å². The van der Waals surface area contributed by atoms with E-state index in [1.54, 1.807) is 17.0 Å². The molecule has 2 aliphatic heterocycles. The third-order valence-electron chi connectivity index (χ3n) is 4.80. The molecule has 0 unspecified atom stereocenters. The van der Waals surface area contributed by atoms with Crippen LogP contribution in [-0.2, 0) is 4.79 Å². The Bertz CT molecular complexity index is 959. The standard InChI is InChI=1S/C20H18ClFN2O4/c1-11-4-18-16(23-19(25)10-28-18)6-14(11)20(26)24-7-12(8-24)9-27-17-3-2-13(22)5-15(17)21/h2-6,12H,7-10H2,1H3,(H,23,25). The van der Waals surface area contributed by atoms with Crippen molar-refractivity contribution in [3.63, 3.8) is 0 Å². The van der Waals surface area contributed by atoms with Gasteiger partial charge in [0, 0.05) is 24.6 Å². The smallest absolute Gasteiger partial charge is 0.262 e. The van der Waals surface area contributed by atoms with Crippen LogP contribution in [0.5, 0.6) is 11.5 Å². The molecule has 2 heterocycles. The molecule has 2 aromatic rings. The summed E-state index contributed by atoms with van der Waals surface area (Å²) >= 11 is 5.95. The highest BCUT2D eigenvalue weighted by molar-refractivity contribution is 6.32. The molecule has 2 aliphatic rings. The van der Waals surface area contributed by atoms with E-state index < -0.39 is 5.82 Å². The zero-order chi connectivity index (χ0) is 19.8. The second kappa shape index (κ2) is 7.31. The summed E-state index contributed by atoms with van der Waals surface area (Å²) in [6.07, 6.45) is 0. The summed E-state index contributed by atoms with van der Waals surface area (Å²) in [5.41, 5.74) is 1.83. The lowest BCUT2D eigenvalue weighted by atomic mass is 9.97. The van der Waals surface area contributed by atoms with Gasteiger partial charge in [0.1, 0.15) is 17.3 Å². The fourth-order valence-corrected chi connectivity index (χ4v) is 3.49. The Morgan fingerprint density at radius 3 is 2.89 bits per heavy atom. The van der Waals surface area contributed by atoms with Gasteiger partial charge in [-0.15, -0.1) is 0 Å². The van der Waals surface area contributed by atoms with Gasteiger partial charge in [0.15, 0.2) is 6.61 Å². The minimum Gasteiger partial charge on any atom is -0.492 e. The van der Waals surface area contributed by atoms with E-state index >= 15 is 0 Å². The second-order valence-corrected chi connectivity index (χ2v) is 7.37. The molecule has 0 aliphatic carbocycles. The van der Waals surface area contributed by atoms with Crippen molar-refractivity contribution in [1.82, 2.24) is 4.90 Å². The van der Waals surface area contributed by atoms with Crippen LogP contribution in [0.25, 0.3) is 0 Å². The molecule has 8 heteroatoms. The molecule has 0 bridgehead atoms. The average molecular weight is 405 g/mol. The van der Waals surface area contributed by atoms with Crippen LogP contribution < -0.4 is 14.8 Å². The van der Waals surface area contributed by atoms with Crippen molar-refractivity contribution in [2.45, 2.75) is 6.92 Å². The van der Waals surface area contributed by atoms with Gasteiger partial charge in [0.05, 0.1) is 17.3 Å². The number of carbonyl (C=O) groups is 2. The molecule has 0 atom stereocenters. The lowest BCUT2D eigenvalue weighted by molar-refractivity contribution is -0.118. The van der Waals surface area contributed by atoms with Gasteiger partial charge in [-0.1, -0.05) is 11.6 Å². The maximum absolute atomic E-state index is 13.1. The number of hydrogen-bond acceptors (Lipinski definition) is 4. The summed E-state index contributed by atoms with van der Waals surface area (Å²) in [6.45, 7) is 3.31. The molecule has 1 N–H and O–H groups in total. The Balaban J connectivity index is 1.36. The number of nitrogens with zero attached hydrogens (tertiary/aromatic N) is 1. The molecule has 1 fully saturated rings. The summed E-state index contributed by atoms with van der Waals surface area (Å²) in [5, 5.41) is 2.94. The highest BCUT2D eigenvalue weighted by Gasteiger charge is 2.33. The van der Waals surface area contributed by atoms with Crippen LogP contribution in [0.2, 0.25) is 5.02 Å². The number of nitrogens with one attached hydrogen (secondary N) is 1. The minimum absolute atomic E-state index is 0.0222. The first kappa shape index (κ1) is 18.6. The van der Waals surface area contributed by atoms with E-state index in [2.05, 4.69) is 5.32 Å². The number of halogens is 2. The van der Waals surface area contributed by atoms with Gasteiger partial charge in [-0.2, -0.15) is 0 Å². The lowest BCUT2D eigenvalue weighted by Gasteiger charge is -2.39. The first-order chi connectivity index (χ1) is 13.4. The Hall–Kier alpha value is -2.80. The van der Waals surface area contributed by atoms with Crippen LogP contribution in [0.1, 0.15) is 15.9 Å². The Morgan fingerprint density at radius 2 is 2.14 bits per heavy atom. The quantitative estimate of drug-likeness (QED) is 0.849. The maximum atomic E-state index is 13.1. The normalized spacial score (nSPS) is 16.0. The summed E-state index contributed by atoms with van der Waals surface area (Å²) < 4.78 is 24.1. The Labute approximate surface area is 166 Å². The number of amides is 2. The molecule has 2 amide bonds. The number of hydrogen-bond donors (Lipinski definition) is 1. The maximum Gasteiger partial charge on any atom is 0.262 e. The number of likely N-dealkylation sites (tertiary alicyclic amines) is 1. The molecule has 6 nitrogen and oxygen atoms in total. The molecular formula is C20H18ClFN2O4. The zero-order valence-corrected chi connectivity index (χ0v) is 15.9. The van der Waals surface area contributed by atoms with Gasteiger partial charge >= 0.3 is 0 Å². The van der Waals surface area contributed by atoms with Crippen LogP contribution in [0.4, 0.5) is 10.1 Å². The summed E-state index contributed by atoms with van der Waals surface area (Å²) in [4.78, 5) is 26.0. The first-order valence-electron chi connectivity index (χ1n) is 8.85. The predicted octanol–water partition coefficient (Wildman–Crippen LogP) is 3.27. The molecule has 4 rings (SSSR count). The predicted molar refractivity (Wildman–Crippen MR) is 102 cm³/mol. The molecule has 0 aromatic heterocycles. The Kier molecular flexibility index (Phi) is 4.85. The van der Waals surface area contributed by atoms with Gasteiger partial charge in [0.25, 0.3) is 11.8 Å². The van der Waals surface area contributed by atoms with Gasteiger partial charge in [0.2, 0.25) is 0 Å². The monoisotopic (exact) mass is 404 g/mol. The number of carbonyl (C=O) groups excluding carboxylic acids is 2. The minimum atomic E-state index is -0.417. The first-order valence-corrected chi connectivity index (χ1v) is 9.23. The van der Waals surface area contributed by atoms with E-state index in [9.17, 15) is 14.0 Å². The van der Waals surface area contributed by atoms with E-state index in [0.717, 1.165) is 5.56 Å². The molecule has 1 saturated heterocycles. The highest BCUT2D eigenvalue weighted by Crippen LogP contribution is 2.32. The van der Waals surface area contributed by atoms with E-state index in [0.29, 0.717) is 42.4 Å². The number of fused-ring (bicyclic) bond motifs is 1. The van der Waals surface area contributed by atoms with Crippen LogP contribution >= 0.6 is 11.6 Å². The van der Waals surface area contributed by atoms with Crippen molar-refractivity contribution in [2.24, 2.45) is 5.92 Å². The average Bonchev–Trinajstić information content (AvgIpc) is 2.61. The summed E-state index contributed by atoms with van der Waals surface area (Å²) in [6, 6.07) is 7.41. The van der Waals surface area contributed by atoms with Crippen LogP contribution in [0, 0.1) is 18.7 Å². The third-order valence-corrected chi connectivity index (χ3v) is 5.10. The second-order valence-electron chi connectivity index (χ2n) is 6.96. The van der Waals surface area contributed by atoms with E-state index in [1.165, 1.54) is 18.2 Å². The van der Waals surface area contributed by atoms with Crippen LogP contribution in [0.15, 0.2) is 30.3 Å². The number of benzene rings is 2. The van der Waals surface area contributed by atoms with Crippen molar-refractivity contribution < 1.29 is 23.5 Å². The summed E-state index contributed by atoms with van der Waals surface area (Å²) in [7, 11) is 0. The van der Waals surface area contributed by atoms with Gasteiger partial charge in [-0.3, -0.25) is 9.59 Å². The fourth-order valence-electron chi connectivity index (χ4n) is 3.27. The summed E-state index contributed by atoms with van der Waals surface area (Å²) in [5.74, 6) is 0.409. The fraction of sp³-hybridized carbons (Fsp3) is 0.300. The van der Waals surface area contributed by atoms with Crippen molar-refractivity contribution in [2.75, 3.05) is 31.6 Å². The lowest BCUT2D eigenvalue weighted by Crippen LogP contribution is -2.52. The van der Waals surface area contributed by atoms with Crippen molar-refractivity contribution >= 4 is 29.1 Å². The third kappa shape index (κ3) is 3.62. The zero-order valence-electron chi connectivity index (χ0n) is 15.1. The number of anilines is 1.